The van der Waals surface area contributed by atoms with E-state index in [0.29, 0.717) is 5.92 Å². The fraction of sp³-hybridized carbons (Fsp3) is 0.643. The zero-order valence-electron chi connectivity index (χ0n) is 13.1. The topological polar surface area (TPSA) is 72.9 Å². The van der Waals surface area contributed by atoms with E-state index in [9.17, 15) is 4.79 Å². The number of carboxylic acids is 1. The lowest BCUT2D eigenvalue weighted by Gasteiger charge is -2.20. The third-order valence-corrected chi connectivity index (χ3v) is 4.65. The maximum absolute atomic E-state index is 10.9. The maximum Gasteiger partial charge on any atom is 0.313 e. The van der Waals surface area contributed by atoms with Gasteiger partial charge in [-0.1, -0.05) is 25.6 Å². The predicted octanol–water partition coefficient (Wildman–Crippen LogP) is 2.95. The van der Waals surface area contributed by atoms with Crippen molar-refractivity contribution in [2.45, 2.75) is 52.4 Å². The van der Waals surface area contributed by atoms with Crippen molar-refractivity contribution < 1.29 is 9.90 Å². The Balaban J connectivity index is 2.61. The molecule has 116 valence electrons. The second-order valence-electron chi connectivity index (χ2n) is 5.50. The molecule has 0 spiro atoms. The van der Waals surface area contributed by atoms with Crippen molar-refractivity contribution in [2.24, 2.45) is 5.92 Å². The molecule has 0 saturated carbocycles. The van der Waals surface area contributed by atoms with E-state index in [1.807, 2.05) is 18.5 Å². The molecule has 0 aliphatic heterocycles. The van der Waals surface area contributed by atoms with Crippen LogP contribution in [0.1, 0.15) is 39.4 Å². The van der Waals surface area contributed by atoms with Crippen LogP contribution in [0.4, 0.5) is 0 Å². The van der Waals surface area contributed by atoms with Crippen molar-refractivity contribution in [2.75, 3.05) is 5.75 Å². The summed E-state index contributed by atoms with van der Waals surface area (Å²) in [7, 11) is 0. The van der Waals surface area contributed by atoms with Crippen molar-refractivity contribution in [1.29, 1.82) is 0 Å². The zero-order chi connectivity index (χ0) is 15.7. The molecular formula is C14H22N4O2S. The van der Waals surface area contributed by atoms with E-state index in [4.69, 9.17) is 5.11 Å². The summed E-state index contributed by atoms with van der Waals surface area (Å²) in [6, 6.07) is 0.229. The molecule has 0 aliphatic carbocycles. The monoisotopic (exact) mass is 310 g/mol. The van der Waals surface area contributed by atoms with Gasteiger partial charge in [0.2, 0.25) is 0 Å². The van der Waals surface area contributed by atoms with Gasteiger partial charge in [-0.3, -0.25) is 4.79 Å². The van der Waals surface area contributed by atoms with Crippen molar-refractivity contribution in [3.05, 3.63) is 5.69 Å². The standard InChI is InChI=1S/C14H22N4O2S/c1-6-17-13-12(9(4)16-17)15-14(21-7-11(19)20)18(13)10(5)8(2)3/h8,10H,6-7H2,1-5H3,(H,19,20). The first-order valence-electron chi connectivity index (χ1n) is 7.16. The van der Waals surface area contributed by atoms with Crippen molar-refractivity contribution in [1.82, 2.24) is 19.3 Å². The summed E-state index contributed by atoms with van der Waals surface area (Å²) >= 11 is 1.27. The minimum atomic E-state index is -0.829. The van der Waals surface area contributed by atoms with Crippen LogP contribution in [0, 0.1) is 12.8 Å². The Kier molecular flexibility index (Phi) is 4.61. The van der Waals surface area contributed by atoms with Crippen LogP contribution < -0.4 is 0 Å². The Morgan fingerprint density at radius 3 is 2.57 bits per heavy atom. The highest BCUT2D eigenvalue weighted by Gasteiger charge is 2.23. The lowest BCUT2D eigenvalue weighted by molar-refractivity contribution is -0.133. The highest BCUT2D eigenvalue weighted by atomic mass is 32.2. The number of carbonyl (C=O) groups is 1. The second-order valence-corrected chi connectivity index (χ2v) is 6.45. The van der Waals surface area contributed by atoms with E-state index in [0.717, 1.165) is 28.6 Å². The van der Waals surface area contributed by atoms with Crippen molar-refractivity contribution >= 4 is 28.9 Å². The molecule has 1 unspecified atom stereocenters. The molecular weight excluding hydrogens is 288 g/mol. The molecule has 0 fully saturated rings. The Hall–Kier alpha value is -1.50. The lowest BCUT2D eigenvalue weighted by atomic mass is 10.1. The molecule has 0 radical (unpaired) electrons. The number of aromatic nitrogens is 4. The predicted molar refractivity (Wildman–Crippen MR) is 83.8 cm³/mol. The van der Waals surface area contributed by atoms with Crippen LogP contribution in [0.5, 0.6) is 0 Å². The number of carboxylic acid groups (broad SMARTS) is 1. The van der Waals surface area contributed by atoms with Gasteiger partial charge in [0.05, 0.1) is 11.4 Å². The van der Waals surface area contributed by atoms with Crippen LogP contribution in [0.25, 0.3) is 11.2 Å². The van der Waals surface area contributed by atoms with Gasteiger partial charge in [-0.15, -0.1) is 0 Å². The Morgan fingerprint density at radius 2 is 2.05 bits per heavy atom. The van der Waals surface area contributed by atoms with Gasteiger partial charge in [-0.25, -0.2) is 9.67 Å². The van der Waals surface area contributed by atoms with E-state index >= 15 is 0 Å². The van der Waals surface area contributed by atoms with Gasteiger partial charge >= 0.3 is 5.97 Å². The fourth-order valence-corrected chi connectivity index (χ4v) is 3.08. The third-order valence-electron chi connectivity index (χ3n) is 3.71. The Bertz CT molecular complexity index is 660. The molecule has 0 aliphatic rings. The smallest absolute Gasteiger partial charge is 0.313 e. The Labute approximate surface area is 128 Å². The molecule has 2 aromatic heterocycles. The number of thioether (sulfide) groups is 1. The van der Waals surface area contributed by atoms with Crippen LogP contribution in [0.15, 0.2) is 5.16 Å². The number of aryl methyl sites for hydroxylation is 2. The van der Waals surface area contributed by atoms with Crippen LogP contribution in [0.2, 0.25) is 0 Å². The molecule has 0 bridgehead atoms. The molecule has 1 N–H and O–H groups in total. The zero-order valence-corrected chi connectivity index (χ0v) is 13.9. The highest BCUT2D eigenvalue weighted by molar-refractivity contribution is 7.99. The number of rotatable bonds is 6. The summed E-state index contributed by atoms with van der Waals surface area (Å²) < 4.78 is 4.08. The Morgan fingerprint density at radius 1 is 1.38 bits per heavy atom. The second kappa shape index (κ2) is 6.09. The van der Waals surface area contributed by atoms with E-state index in [1.165, 1.54) is 11.8 Å². The molecule has 6 nitrogen and oxygen atoms in total. The SMILES string of the molecule is CCn1nc(C)c2nc(SCC(=O)O)n(C(C)C(C)C)c21. The van der Waals surface area contributed by atoms with Crippen LogP contribution in [-0.2, 0) is 11.3 Å². The highest BCUT2D eigenvalue weighted by Crippen LogP contribution is 2.32. The first kappa shape index (κ1) is 15.9. The van der Waals surface area contributed by atoms with Crippen molar-refractivity contribution in [3.8, 4) is 0 Å². The molecule has 7 heteroatoms. The minimum absolute atomic E-state index is 0.0169. The first-order chi connectivity index (χ1) is 9.86. The average Bonchev–Trinajstić information content (AvgIpc) is 2.93. The molecule has 21 heavy (non-hydrogen) atoms. The van der Waals surface area contributed by atoms with Crippen LogP contribution in [-0.4, -0.2) is 36.2 Å². The number of aliphatic carboxylic acids is 1. The number of hydrogen-bond donors (Lipinski definition) is 1. The molecule has 0 amide bonds. The maximum atomic E-state index is 10.9. The van der Waals surface area contributed by atoms with Crippen molar-refractivity contribution in [3.63, 3.8) is 0 Å². The third kappa shape index (κ3) is 2.92. The number of imidazole rings is 1. The van der Waals surface area contributed by atoms with E-state index in [-0.39, 0.29) is 11.8 Å². The molecule has 1 atom stereocenters. The summed E-state index contributed by atoms with van der Waals surface area (Å²) in [5, 5.41) is 14.2. The molecule has 2 rings (SSSR count). The van der Waals surface area contributed by atoms with Crippen LogP contribution in [0.3, 0.4) is 0 Å². The summed E-state index contributed by atoms with van der Waals surface area (Å²) in [5.41, 5.74) is 2.75. The van der Waals surface area contributed by atoms with Gasteiger partial charge in [-0.2, -0.15) is 5.10 Å². The van der Waals surface area contributed by atoms with E-state index < -0.39 is 5.97 Å². The lowest BCUT2D eigenvalue weighted by Crippen LogP contribution is -2.15. The number of nitrogens with zero attached hydrogens (tertiary/aromatic N) is 4. The van der Waals surface area contributed by atoms with Gasteiger partial charge in [0.1, 0.15) is 5.52 Å². The first-order valence-corrected chi connectivity index (χ1v) is 8.15. The summed E-state index contributed by atoms with van der Waals surface area (Å²) in [5.74, 6) is -0.389. The van der Waals surface area contributed by atoms with Gasteiger partial charge in [0.25, 0.3) is 0 Å². The van der Waals surface area contributed by atoms with Crippen LogP contribution >= 0.6 is 11.8 Å². The largest absolute Gasteiger partial charge is 0.481 e. The number of hydrogen-bond acceptors (Lipinski definition) is 4. The fourth-order valence-electron chi connectivity index (χ4n) is 2.28. The molecule has 2 aromatic rings. The summed E-state index contributed by atoms with van der Waals surface area (Å²) in [6.07, 6.45) is 0. The van der Waals surface area contributed by atoms with Gasteiger partial charge in [0, 0.05) is 12.6 Å². The van der Waals surface area contributed by atoms with Gasteiger partial charge in [-0.05, 0) is 26.7 Å². The quantitative estimate of drug-likeness (QED) is 0.830. The normalized spacial score (nSPS) is 13.2. The summed E-state index contributed by atoms with van der Waals surface area (Å²) in [6.45, 7) is 11.2. The van der Waals surface area contributed by atoms with Gasteiger partial charge < -0.3 is 9.67 Å². The van der Waals surface area contributed by atoms with E-state index in [2.05, 4.69) is 35.4 Å². The van der Waals surface area contributed by atoms with Gasteiger partial charge in [0.15, 0.2) is 10.8 Å². The molecule has 0 aromatic carbocycles. The molecule has 2 heterocycles. The molecule has 0 saturated heterocycles. The minimum Gasteiger partial charge on any atom is -0.481 e. The average molecular weight is 310 g/mol. The van der Waals surface area contributed by atoms with E-state index in [1.54, 1.807) is 0 Å². The summed E-state index contributed by atoms with van der Waals surface area (Å²) in [4.78, 5) is 15.5. The number of fused-ring (bicyclic) bond motifs is 1.